The fourth-order valence-electron chi connectivity index (χ4n) is 0.732. The monoisotopic (exact) mass is 228 g/mol. The highest BCUT2D eigenvalue weighted by Gasteiger charge is 2.43. The Morgan fingerprint density at radius 3 is 2.43 bits per heavy atom. The predicted octanol–water partition coefficient (Wildman–Crippen LogP) is 3.58. The van der Waals surface area contributed by atoms with Crippen molar-refractivity contribution in [2.24, 2.45) is 0 Å². The van der Waals surface area contributed by atoms with Crippen molar-refractivity contribution < 1.29 is 22.3 Å². The molecule has 78 valence electrons. The summed E-state index contributed by atoms with van der Waals surface area (Å²) in [6.07, 6.45) is -8.37. The lowest BCUT2D eigenvalue weighted by molar-refractivity contribution is -0.253. The zero-order valence-corrected chi connectivity index (χ0v) is 7.44. The molecule has 0 spiro atoms. The predicted molar refractivity (Wildman–Crippen MR) is 43.0 cm³/mol. The van der Waals surface area contributed by atoms with Crippen molar-refractivity contribution in [3.05, 3.63) is 29.3 Å². The largest absolute Gasteiger partial charge is 0.461 e. The van der Waals surface area contributed by atoms with Gasteiger partial charge in [-0.1, -0.05) is 17.7 Å². The van der Waals surface area contributed by atoms with Gasteiger partial charge in [0.1, 0.15) is 5.75 Å². The number of rotatable bonds is 3. The Hall–Kier alpha value is -0.970. The van der Waals surface area contributed by atoms with Crippen molar-refractivity contribution in [1.29, 1.82) is 0 Å². The van der Waals surface area contributed by atoms with Crippen LogP contribution in [0, 0.1) is 0 Å². The van der Waals surface area contributed by atoms with Crippen LogP contribution in [-0.4, -0.2) is 12.5 Å². The van der Waals surface area contributed by atoms with Crippen LogP contribution in [0.5, 0.6) is 5.75 Å². The van der Waals surface area contributed by atoms with E-state index in [1.807, 2.05) is 0 Å². The van der Waals surface area contributed by atoms with Gasteiger partial charge >= 0.3 is 12.5 Å². The van der Waals surface area contributed by atoms with Crippen LogP contribution in [0.2, 0.25) is 5.02 Å². The molecular weight excluding hydrogens is 224 g/mol. The zero-order chi connectivity index (χ0) is 10.8. The van der Waals surface area contributed by atoms with Gasteiger partial charge in [0.2, 0.25) is 0 Å². The highest BCUT2D eigenvalue weighted by Crippen LogP contribution is 2.28. The molecule has 0 saturated carbocycles. The summed E-state index contributed by atoms with van der Waals surface area (Å²) in [6.45, 7) is 0. The molecule has 0 N–H and O–H groups in total. The van der Waals surface area contributed by atoms with Gasteiger partial charge in [0, 0.05) is 5.02 Å². The van der Waals surface area contributed by atoms with E-state index < -0.39 is 18.3 Å². The number of hydrogen-bond donors (Lipinski definition) is 0. The molecule has 1 nitrogen and oxygen atoms in total. The molecule has 0 aliphatic heterocycles. The first-order chi connectivity index (χ1) is 6.42. The summed E-state index contributed by atoms with van der Waals surface area (Å²) >= 11 is 5.44. The van der Waals surface area contributed by atoms with Crippen LogP contribution in [0.15, 0.2) is 24.3 Å². The lowest BCUT2D eigenvalue weighted by atomic mass is 10.3. The number of halogens is 5. The molecule has 6 heteroatoms. The van der Waals surface area contributed by atoms with E-state index in [2.05, 4.69) is 4.74 Å². The molecule has 0 heterocycles. The van der Waals surface area contributed by atoms with Gasteiger partial charge in [-0.15, -0.1) is 0 Å². The summed E-state index contributed by atoms with van der Waals surface area (Å²) in [5, 5.41) is 0.132. The summed E-state index contributed by atoms with van der Waals surface area (Å²) in [6, 6.07) is 4.87. The highest BCUT2D eigenvalue weighted by atomic mass is 35.5. The maximum atomic E-state index is 12.3. The van der Waals surface area contributed by atoms with Crippen molar-refractivity contribution in [3.63, 3.8) is 0 Å². The van der Waals surface area contributed by atoms with Gasteiger partial charge < -0.3 is 4.74 Å². The molecular formula is C8H5ClF4O. The summed E-state index contributed by atoms with van der Waals surface area (Å²) in [4.78, 5) is 0. The van der Waals surface area contributed by atoms with Crippen molar-refractivity contribution in [1.82, 2.24) is 0 Å². The second-order valence-corrected chi connectivity index (χ2v) is 2.86. The van der Waals surface area contributed by atoms with E-state index in [1.54, 1.807) is 0 Å². The molecule has 1 aromatic carbocycles. The van der Waals surface area contributed by atoms with E-state index in [1.165, 1.54) is 12.1 Å². The minimum absolute atomic E-state index is 0.132. The lowest BCUT2D eigenvalue weighted by Crippen LogP contribution is -2.33. The second-order valence-electron chi connectivity index (χ2n) is 2.42. The molecule has 0 aromatic heterocycles. The second kappa shape index (κ2) is 4.04. The van der Waals surface area contributed by atoms with Crippen LogP contribution in [0.1, 0.15) is 0 Å². The normalized spacial score (nSPS) is 11.9. The third-order valence-corrected chi connectivity index (χ3v) is 1.54. The average molecular weight is 229 g/mol. The smallest absolute Gasteiger partial charge is 0.428 e. The van der Waals surface area contributed by atoms with E-state index in [9.17, 15) is 17.6 Å². The Bertz CT molecular complexity index is 316. The maximum Gasteiger partial charge on any atom is 0.461 e. The molecule has 1 rings (SSSR count). The van der Waals surface area contributed by atoms with Gasteiger partial charge in [-0.05, 0) is 18.2 Å². The lowest BCUT2D eigenvalue weighted by Gasteiger charge is -2.16. The van der Waals surface area contributed by atoms with Crippen molar-refractivity contribution in [3.8, 4) is 5.75 Å². The Morgan fingerprint density at radius 1 is 1.29 bits per heavy atom. The molecule has 0 unspecified atom stereocenters. The van der Waals surface area contributed by atoms with Crippen LogP contribution in [0.3, 0.4) is 0 Å². The highest BCUT2D eigenvalue weighted by molar-refractivity contribution is 6.30. The van der Waals surface area contributed by atoms with Gasteiger partial charge in [-0.2, -0.15) is 17.6 Å². The number of ether oxygens (including phenoxy) is 1. The molecule has 0 atom stereocenters. The third kappa shape index (κ3) is 2.77. The Kier molecular flexibility index (Phi) is 3.21. The van der Waals surface area contributed by atoms with Crippen LogP contribution in [0.25, 0.3) is 0 Å². The van der Waals surface area contributed by atoms with Gasteiger partial charge in [0.15, 0.2) is 0 Å². The molecule has 14 heavy (non-hydrogen) atoms. The Balaban J connectivity index is 2.78. The van der Waals surface area contributed by atoms with Crippen LogP contribution < -0.4 is 4.74 Å². The number of hydrogen-bond acceptors (Lipinski definition) is 1. The standard InChI is InChI=1S/C8H5ClF4O/c9-5-2-1-3-6(4-5)14-8(12,13)7(10)11/h1-4,7H. The van der Waals surface area contributed by atoms with E-state index >= 15 is 0 Å². The van der Waals surface area contributed by atoms with Crippen LogP contribution in [0.4, 0.5) is 17.6 Å². The fourth-order valence-corrected chi connectivity index (χ4v) is 0.912. The maximum absolute atomic E-state index is 12.3. The average Bonchev–Trinajstić information content (AvgIpc) is 2.02. The topological polar surface area (TPSA) is 9.23 Å². The van der Waals surface area contributed by atoms with Gasteiger partial charge in [0.05, 0.1) is 0 Å². The minimum Gasteiger partial charge on any atom is -0.428 e. The van der Waals surface area contributed by atoms with Crippen molar-refractivity contribution in [2.75, 3.05) is 0 Å². The minimum atomic E-state index is -4.50. The van der Waals surface area contributed by atoms with Crippen LogP contribution in [-0.2, 0) is 0 Å². The molecule has 1 aromatic rings. The summed E-state index contributed by atoms with van der Waals surface area (Å²) in [5.41, 5.74) is 0. The first kappa shape index (κ1) is 11.1. The molecule has 0 bridgehead atoms. The van der Waals surface area contributed by atoms with E-state index in [0.29, 0.717) is 0 Å². The van der Waals surface area contributed by atoms with Crippen molar-refractivity contribution >= 4 is 11.6 Å². The molecule has 0 fully saturated rings. The van der Waals surface area contributed by atoms with E-state index in [0.717, 1.165) is 12.1 Å². The summed E-state index contributed by atoms with van der Waals surface area (Å²) < 4.78 is 51.9. The van der Waals surface area contributed by atoms with E-state index in [-0.39, 0.29) is 5.02 Å². The quantitative estimate of drug-likeness (QED) is 0.719. The first-order valence-electron chi connectivity index (χ1n) is 3.52. The molecule has 0 radical (unpaired) electrons. The molecule has 0 saturated heterocycles. The zero-order valence-electron chi connectivity index (χ0n) is 6.68. The molecule has 0 aliphatic carbocycles. The first-order valence-corrected chi connectivity index (χ1v) is 3.90. The summed E-state index contributed by atoms with van der Waals surface area (Å²) in [5.74, 6) is -0.400. The fraction of sp³-hybridized carbons (Fsp3) is 0.250. The SMILES string of the molecule is FC(F)C(F)(F)Oc1cccc(Cl)c1. The Morgan fingerprint density at radius 2 is 1.93 bits per heavy atom. The number of benzene rings is 1. The number of alkyl halides is 4. The molecule has 0 aliphatic rings. The third-order valence-electron chi connectivity index (χ3n) is 1.30. The molecule has 0 amide bonds. The van der Waals surface area contributed by atoms with E-state index in [4.69, 9.17) is 11.6 Å². The van der Waals surface area contributed by atoms with Gasteiger partial charge in [-0.25, -0.2) is 0 Å². The van der Waals surface area contributed by atoms with Crippen molar-refractivity contribution in [2.45, 2.75) is 12.5 Å². The van der Waals surface area contributed by atoms with Gasteiger partial charge in [-0.3, -0.25) is 0 Å². The Labute approximate surface area is 82.2 Å². The summed E-state index contributed by atoms with van der Waals surface area (Å²) in [7, 11) is 0. The van der Waals surface area contributed by atoms with Gasteiger partial charge in [0.25, 0.3) is 0 Å². The van der Waals surface area contributed by atoms with Crippen LogP contribution >= 0.6 is 11.6 Å².